The van der Waals surface area contributed by atoms with E-state index in [1.807, 2.05) is 36.6 Å². The lowest BCUT2D eigenvalue weighted by atomic mass is 10.1. The van der Waals surface area contributed by atoms with Gasteiger partial charge in [-0.05, 0) is 12.5 Å². The van der Waals surface area contributed by atoms with Crippen LogP contribution in [-0.4, -0.2) is 43.9 Å². The summed E-state index contributed by atoms with van der Waals surface area (Å²) in [5.41, 5.74) is 2.77. The van der Waals surface area contributed by atoms with E-state index in [0.717, 1.165) is 16.8 Å². The topological polar surface area (TPSA) is 53.5 Å². The van der Waals surface area contributed by atoms with Gasteiger partial charge in [-0.25, -0.2) is 35.4 Å². The Bertz CT molecular complexity index is 1260. The highest BCUT2D eigenvalue weighted by Gasteiger charge is 2.38. The summed E-state index contributed by atoms with van der Waals surface area (Å²) in [6.07, 6.45) is 0. The molecule has 1 fully saturated rings. The van der Waals surface area contributed by atoms with Gasteiger partial charge in [0, 0.05) is 37.1 Å². The molecule has 170 valence electrons. The van der Waals surface area contributed by atoms with E-state index >= 15 is 0 Å². The summed E-state index contributed by atoms with van der Waals surface area (Å²) in [6.45, 7) is 1.81. The van der Waals surface area contributed by atoms with Crippen molar-refractivity contribution in [3.05, 3.63) is 64.3 Å². The lowest BCUT2D eigenvalue weighted by Gasteiger charge is -2.33. The maximum atomic E-state index is 14.0. The Hall–Kier alpha value is -2.57. The lowest BCUT2D eigenvalue weighted by molar-refractivity contribution is 0.344. The van der Waals surface area contributed by atoms with E-state index in [0.29, 0.717) is 9.44 Å². The van der Waals surface area contributed by atoms with Crippen molar-refractivity contribution in [2.45, 2.75) is 11.8 Å². The van der Waals surface area contributed by atoms with Gasteiger partial charge in [0.1, 0.15) is 0 Å². The molecule has 0 saturated carbocycles. The summed E-state index contributed by atoms with van der Waals surface area (Å²) >= 11 is 1.36. The Balaban J connectivity index is 1.54. The van der Waals surface area contributed by atoms with Crippen molar-refractivity contribution < 1.29 is 30.4 Å². The highest BCUT2D eigenvalue weighted by molar-refractivity contribution is 7.89. The van der Waals surface area contributed by atoms with Gasteiger partial charge < -0.3 is 4.90 Å². The number of hydrogen-bond donors (Lipinski definition) is 0. The Morgan fingerprint density at radius 1 is 0.875 bits per heavy atom. The summed E-state index contributed by atoms with van der Waals surface area (Å²) in [6, 6.07) is 7.70. The first kappa shape index (κ1) is 22.6. The first-order chi connectivity index (χ1) is 15.1. The molecule has 0 atom stereocenters. The number of aromatic nitrogens is 1. The lowest BCUT2D eigenvalue weighted by Crippen LogP contribution is -2.49. The molecule has 1 saturated heterocycles. The molecule has 32 heavy (non-hydrogen) atoms. The first-order valence-electron chi connectivity index (χ1n) is 9.41. The number of piperazine rings is 1. The van der Waals surface area contributed by atoms with Crippen molar-refractivity contribution in [3.63, 3.8) is 0 Å². The molecule has 2 aromatic carbocycles. The number of rotatable bonds is 4. The van der Waals surface area contributed by atoms with E-state index < -0.39 is 44.0 Å². The van der Waals surface area contributed by atoms with Crippen LogP contribution in [0.15, 0.2) is 34.5 Å². The van der Waals surface area contributed by atoms with Gasteiger partial charge in [-0.2, -0.15) is 4.31 Å². The standard InChI is InChI=1S/C20H16F5N3O2S2/c1-11-4-2-3-5-12(11)13-10-31-20(26-13)27-6-8-28(9-7-27)32(29,30)19-17(24)15(22)14(21)16(23)18(19)25/h2-5,10H,6-9H2,1H3. The molecule has 12 heteroatoms. The second-order valence-corrected chi connectivity index (χ2v) is 9.83. The van der Waals surface area contributed by atoms with Crippen molar-refractivity contribution in [3.8, 4) is 11.3 Å². The molecule has 1 aliphatic rings. The fraction of sp³-hybridized carbons (Fsp3) is 0.250. The van der Waals surface area contributed by atoms with E-state index in [2.05, 4.69) is 4.98 Å². The number of hydrogen-bond acceptors (Lipinski definition) is 5. The van der Waals surface area contributed by atoms with Crippen LogP contribution in [0, 0.1) is 36.0 Å². The molecule has 0 unspecified atom stereocenters. The van der Waals surface area contributed by atoms with Crippen LogP contribution in [0.25, 0.3) is 11.3 Å². The molecule has 1 aliphatic heterocycles. The molecule has 4 rings (SSSR count). The minimum atomic E-state index is -4.94. The van der Waals surface area contributed by atoms with Crippen LogP contribution in [0.1, 0.15) is 5.56 Å². The van der Waals surface area contributed by atoms with Crippen molar-refractivity contribution in [1.29, 1.82) is 0 Å². The smallest absolute Gasteiger partial charge is 0.249 e. The number of nitrogens with zero attached hydrogens (tertiary/aromatic N) is 3. The largest absolute Gasteiger partial charge is 0.345 e. The van der Waals surface area contributed by atoms with Crippen LogP contribution in [0.3, 0.4) is 0 Å². The van der Waals surface area contributed by atoms with E-state index in [9.17, 15) is 30.4 Å². The predicted octanol–water partition coefficient (Wildman–Crippen LogP) is 4.32. The number of sulfonamides is 1. The van der Waals surface area contributed by atoms with E-state index in [4.69, 9.17) is 0 Å². The van der Waals surface area contributed by atoms with E-state index in [1.54, 1.807) is 4.90 Å². The summed E-state index contributed by atoms with van der Waals surface area (Å²) in [4.78, 5) is 4.55. The second-order valence-electron chi connectivity index (χ2n) is 7.12. The van der Waals surface area contributed by atoms with Gasteiger partial charge in [0.25, 0.3) is 0 Å². The Kier molecular flexibility index (Phi) is 5.94. The summed E-state index contributed by atoms with van der Waals surface area (Å²) in [7, 11) is -4.94. The molecule has 0 aliphatic carbocycles. The van der Waals surface area contributed by atoms with Gasteiger partial charge in [0.15, 0.2) is 33.3 Å². The molecule has 2 heterocycles. The van der Waals surface area contributed by atoms with Crippen LogP contribution >= 0.6 is 11.3 Å². The van der Waals surface area contributed by atoms with Crippen LogP contribution in [-0.2, 0) is 10.0 Å². The normalized spacial score (nSPS) is 15.4. The molecule has 0 bridgehead atoms. The summed E-state index contributed by atoms with van der Waals surface area (Å²) < 4.78 is 94.4. The fourth-order valence-electron chi connectivity index (χ4n) is 3.45. The Morgan fingerprint density at radius 3 is 2.03 bits per heavy atom. The third-order valence-electron chi connectivity index (χ3n) is 5.19. The second kappa shape index (κ2) is 8.41. The van der Waals surface area contributed by atoms with Gasteiger partial charge in [0.2, 0.25) is 15.8 Å². The minimum absolute atomic E-state index is 0.134. The van der Waals surface area contributed by atoms with Crippen LogP contribution in [0.5, 0.6) is 0 Å². The molecular weight excluding hydrogens is 473 g/mol. The van der Waals surface area contributed by atoms with Crippen LogP contribution in [0.4, 0.5) is 27.1 Å². The van der Waals surface area contributed by atoms with Crippen molar-refractivity contribution in [1.82, 2.24) is 9.29 Å². The highest BCUT2D eigenvalue weighted by Crippen LogP contribution is 2.32. The van der Waals surface area contributed by atoms with Gasteiger partial charge in [-0.15, -0.1) is 11.3 Å². The quantitative estimate of drug-likeness (QED) is 0.311. The average Bonchev–Trinajstić information content (AvgIpc) is 3.27. The SMILES string of the molecule is Cc1ccccc1-c1csc(N2CCN(S(=O)(=O)c3c(F)c(F)c(F)c(F)c3F)CC2)n1. The van der Waals surface area contributed by atoms with Crippen molar-refractivity contribution >= 4 is 26.5 Å². The van der Waals surface area contributed by atoms with Gasteiger partial charge in [-0.3, -0.25) is 0 Å². The van der Waals surface area contributed by atoms with Crippen LogP contribution < -0.4 is 4.90 Å². The maximum Gasteiger partial charge on any atom is 0.249 e. The molecule has 1 aromatic heterocycles. The molecule has 3 aromatic rings. The van der Waals surface area contributed by atoms with E-state index in [-0.39, 0.29) is 26.2 Å². The Morgan fingerprint density at radius 2 is 1.44 bits per heavy atom. The number of benzene rings is 2. The molecule has 0 N–H and O–H groups in total. The molecule has 0 spiro atoms. The predicted molar refractivity (Wildman–Crippen MR) is 109 cm³/mol. The van der Waals surface area contributed by atoms with Gasteiger partial charge >= 0.3 is 0 Å². The number of halogens is 5. The number of anilines is 1. The third kappa shape index (κ3) is 3.76. The van der Waals surface area contributed by atoms with Gasteiger partial charge in [0.05, 0.1) is 5.69 Å². The zero-order valence-electron chi connectivity index (χ0n) is 16.6. The average molecular weight is 489 g/mol. The zero-order valence-corrected chi connectivity index (χ0v) is 18.2. The molecule has 0 radical (unpaired) electrons. The number of thiazole rings is 1. The maximum absolute atomic E-state index is 14.0. The summed E-state index contributed by atoms with van der Waals surface area (Å²) in [5.74, 6) is -11.7. The fourth-order valence-corrected chi connectivity index (χ4v) is 5.87. The minimum Gasteiger partial charge on any atom is -0.345 e. The number of aryl methyl sites for hydroxylation is 1. The van der Waals surface area contributed by atoms with Gasteiger partial charge in [-0.1, -0.05) is 24.3 Å². The van der Waals surface area contributed by atoms with E-state index in [1.165, 1.54) is 11.3 Å². The molecule has 0 amide bonds. The third-order valence-corrected chi connectivity index (χ3v) is 8.01. The monoisotopic (exact) mass is 489 g/mol. The Labute approximate surface area is 184 Å². The molecular formula is C20H16F5N3O2S2. The molecule has 5 nitrogen and oxygen atoms in total. The highest BCUT2D eigenvalue weighted by atomic mass is 32.2. The summed E-state index contributed by atoms with van der Waals surface area (Å²) in [5, 5.41) is 2.51. The van der Waals surface area contributed by atoms with Crippen molar-refractivity contribution in [2.24, 2.45) is 0 Å². The zero-order chi connectivity index (χ0) is 23.2. The van der Waals surface area contributed by atoms with Crippen LogP contribution in [0.2, 0.25) is 0 Å². The van der Waals surface area contributed by atoms with Crippen molar-refractivity contribution in [2.75, 3.05) is 31.1 Å². The first-order valence-corrected chi connectivity index (χ1v) is 11.7.